The van der Waals surface area contributed by atoms with Gasteiger partial charge in [0.05, 0.1) is 27.8 Å². The molecular formula is C13H10BrFN2OS. The monoisotopic (exact) mass is 340 g/mol. The lowest BCUT2D eigenvalue weighted by atomic mass is 10.2. The van der Waals surface area contributed by atoms with Crippen LogP contribution in [0.5, 0.6) is 0 Å². The summed E-state index contributed by atoms with van der Waals surface area (Å²) in [6.45, 7) is 1.99. The molecule has 2 aromatic heterocycles. The van der Waals surface area contributed by atoms with Gasteiger partial charge in [-0.1, -0.05) is 0 Å². The van der Waals surface area contributed by atoms with Crippen LogP contribution in [0.3, 0.4) is 0 Å². The van der Waals surface area contributed by atoms with Crippen LogP contribution in [-0.4, -0.2) is 9.55 Å². The first-order chi connectivity index (χ1) is 9.08. The molecule has 0 saturated carbocycles. The van der Waals surface area contributed by atoms with E-state index in [1.807, 2.05) is 23.6 Å². The molecule has 0 amide bonds. The van der Waals surface area contributed by atoms with Crippen LogP contribution in [0.4, 0.5) is 4.39 Å². The van der Waals surface area contributed by atoms with Crippen molar-refractivity contribution in [2.24, 2.45) is 0 Å². The van der Waals surface area contributed by atoms with E-state index in [0.29, 0.717) is 14.8 Å². The van der Waals surface area contributed by atoms with Crippen molar-refractivity contribution in [3.8, 4) is 0 Å². The number of imidazole rings is 1. The summed E-state index contributed by atoms with van der Waals surface area (Å²) in [4.78, 5) is 3.01. The smallest absolute Gasteiger partial charge is 0.178 e. The zero-order valence-electron chi connectivity index (χ0n) is 9.98. The molecule has 0 radical (unpaired) electrons. The Bertz CT molecular complexity index is 791. The van der Waals surface area contributed by atoms with Crippen molar-refractivity contribution in [1.29, 1.82) is 0 Å². The zero-order valence-corrected chi connectivity index (χ0v) is 12.4. The Labute approximate surface area is 122 Å². The number of halogens is 2. The Morgan fingerprint density at radius 1 is 1.47 bits per heavy atom. The fourth-order valence-corrected chi connectivity index (χ4v) is 2.86. The standard InChI is InChI=1S/C13H10BrFN2OS/c1-7(12-3-2-4-18-12)17-11-5-8(14)9(15)6-10(11)16-13(17)19/h2-7H,1H3,(H,16,19). The van der Waals surface area contributed by atoms with Gasteiger partial charge in [0.15, 0.2) is 4.77 Å². The second-order valence-corrected chi connectivity index (χ2v) is 5.52. The van der Waals surface area contributed by atoms with E-state index in [4.69, 9.17) is 16.6 Å². The van der Waals surface area contributed by atoms with Gasteiger partial charge in [-0.3, -0.25) is 0 Å². The molecule has 1 N–H and O–H groups in total. The van der Waals surface area contributed by atoms with Crippen molar-refractivity contribution in [2.45, 2.75) is 13.0 Å². The van der Waals surface area contributed by atoms with Gasteiger partial charge in [0, 0.05) is 6.07 Å². The maximum atomic E-state index is 13.5. The molecule has 0 aliphatic carbocycles. The average Bonchev–Trinajstić information content (AvgIpc) is 2.97. The molecule has 0 fully saturated rings. The van der Waals surface area contributed by atoms with Gasteiger partial charge in [0.2, 0.25) is 0 Å². The molecular weight excluding hydrogens is 331 g/mol. The highest BCUT2D eigenvalue weighted by Gasteiger charge is 2.16. The van der Waals surface area contributed by atoms with Crippen molar-refractivity contribution in [2.75, 3.05) is 0 Å². The molecule has 3 nitrogen and oxygen atoms in total. The number of H-pyrrole nitrogens is 1. The van der Waals surface area contributed by atoms with E-state index < -0.39 is 0 Å². The second kappa shape index (κ2) is 4.61. The number of aromatic nitrogens is 2. The molecule has 1 atom stereocenters. The molecule has 1 unspecified atom stereocenters. The third kappa shape index (κ3) is 2.04. The first-order valence-electron chi connectivity index (χ1n) is 5.70. The van der Waals surface area contributed by atoms with Crippen molar-refractivity contribution in [3.05, 3.63) is 51.3 Å². The normalized spacial score (nSPS) is 13.0. The van der Waals surface area contributed by atoms with Crippen molar-refractivity contribution in [1.82, 2.24) is 9.55 Å². The number of benzene rings is 1. The molecule has 3 rings (SSSR count). The lowest BCUT2D eigenvalue weighted by Crippen LogP contribution is -2.05. The Balaban J connectivity index is 2.26. The minimum Gasteiger partial charge on any atom is -0.467 e. The number of nitrogens with one attached hydrogen (secondary N) is 1. The van der Waals surface area contributed by atoms with Crippen molar-refractivity contribution >= 4 is 39.2 Å². The van der Waals surface area contributed by atoms with E-state index in [0.717, 1.165) is 11.3 Å². The summed E-state index contributed by atoms with van der Waals surface area (Å²) >= 11 is 8.52. The molecule has 2 heterocycles. The maximum absolute atomic E-state index is 13.5. The predicted molar refractivity (Wildman–Crippen MR) is 77.3 cm³/mol. The molecule has 3 aromatic rings. The summed E-state index contributed by atoms with van der Waals surface area (Å²) in [5.41, 5.74) is 1.51. The SMILES string of the molecule is CC(c1ccco1)n1c(=S)[nH]c2cc(F)c(Br)cc21. The number of rotatable bonds is 2. The molecule has 1 aromatic carbocycles. The molecule has 0 spiro atoms. The van der Waals surface area contributed by atoms with Crippen LogP contribution in [-0.2, 0) is 0 Å². The Hall–Kier alpha value is -1.40. The zero-order chi connectivity index (χ0) is 13.6. The van der Waals surface area contributed by atoms with Crippen LogP contribution in [0.25, 0.3) is 11.0 Å². The summed E-state index contributed by atoms with van der Waals surface area (Å²) in [7, 11) is 0. The van der Waals surface area contributed by atoms with Gasteiger partial charge in [-0.25, -0.2) is 4.39 Å². The fraction of sp³-hybridized carbons (Fsp3) is 0.154. The molecule has 98 valence electrons. The van der Waals surface area contributed by atoms with Gasteiger partial charge in [0.25, 0.3) is 0 Å². The van der Waals surface area contributed by atoms with E-state index in [1.54, 1.807) is 12.3 Å². The quantitative estimate of drug-likeness (QED) is 0.679. The third-order valence-corrected chi connectivity index (χ3v) is 4.01. The van der Waals surface area contributed by atoms with E-state index in [-0.39, 0.29) is 11.9 Å². The first-order valence-corrected chi connectivity index (χ1v) is 6.90. The van der Waals surface area contributed by atoms with E-state index in [1.165, 1.54) is 6.07 Å². The highest BCUT2D eigenvalue weighted by molar-refractivity contribution is 9.10. The number of aromatic amines is 1. The van der Waals surface area contributed by atoms with E-state index in [2.05, 4.69) is 20.9 Å². The van der Waals surface area contributed by atoms with Crippen LogP contribution in [0.1, 0.15) is 18.7 Å². The van der Waals surface area contributed by atoms with Gasteiger partial charge in [-0.15, -0.1) is 0 Å². The molecule has 0 aliphatic heterocycles. The van der Waals surface area contributed by atoms with Crippen LogP contribution in [0, 0.1) is 10.6 Å². The van der Waals surface area contributed by atoms with Crippen LogP contribution in [0.15, 0.2) is 39.4 Å². The third-order valence-electron chi connectivity index (χ3n) is 3.10. The average molecular weight is 341 g/mol. The maximum Gasteiger partial charge on any atom is 0.178 e. The molecule has 6 heteroatoms. The van der Waals surface area contributed by atoms with Gasteiger partial charge < -0.3 is 14.0 Å². The molecule has 0 aliphatic rings. The summed E-state index contributed by atoms with van der Waals surface area (Å²) in [6.07, 6.45) is 1.62. The first kappa shape index (κ1) is 12.6. The highest BCUT2D eigenvalue weighted by Crippen LogP contribution is 2.28. The Morgan fingerprint density at radius 3 is 2.95 bits per heavy atom. The summed E-state index contributed by atoms with van der Waals surface area (Å²) in [5, 5.41) is 0. The number of furan rings is 1. The summed E-state index contributed by atoms with van der Waals surface area (Å²) in [6, 6.07) is 6.81. The van der Waals surface area contributed by atoms with Gasteiger partial charge in [-0.2, -0.15) is 0 Å². The molecule has 0 bridgehead atoms. The van der Waals surface area contributed by atoms with E-state index >= 15 is 0 Å². The fourth-order valence-electron chi connectivity index (χ4n) is 2.16. The molecule has 19 heavy (non-hydrogen) atoms. The second-order valence-electron chi connectivity index (χ2n) is 4.28. The van der Waals surface area contributed by atoms with E-state index in [9.17, 15) is 4.39 Å². The van der Waals surface area contributed by atoms with Crippen molar-refractivity contribution < 1.29 is 8.81 Å². The Kier molecular flexibility index (Phi) is 3.06. The number of fused-ring (bicyclic) bond motifs is 1. The largest absolute Gasteiger partial charge is 0.467 e. The predicted octanol–water partition coefficient (Wildman–Crippen LogP) is 4.80. The lowest BCUT2D eigenvalue weighted by molar-refractivity contribution is 0.449. The number of nitrogens with zero attached hydrogens (tertiary/aromatic N) is 1. The Morgan fingerprint density at radius 2 is 2.26 bits per heavy atom. The number of hydrogen-bond donors (Lipinski definition) is 1. The van der Waals surface area contributed by atoms with Gasteiger partial charge in [-0.05, 0) is 53.3 Å². The van der Waals surface area contributed by atoms with Crippen LogP contribution >= 0.6 is 28.1 Å². The summed E-state index contributed by atoms with van der Waals surface area (Å²) < 4.78 is 21.8. The van der Waals surface area contributed by atoms with Gasteiger partial charge >= 0.3 is 0 Å². The number of hydrogen-bond acceptors (Lipinski definition) is 2. The highest BCUT2D eigenvalue weighted by atomic mass is 79.9. The molecule has 0 saturated heterocycles. The minimum absolute atomic E-state index is 0.0615. The topological polar surface area (TPSA) is 33.9 Å². The summed E-state index contributed by atoms with van der Waals surface area (Å²) in [5.74, 6) is 0.485. The van der Waals surface area contributed by atoms with Crippen LogP contribution < -0.4 is 0 Å². The van der Waals surface area contributed by atoms with Gasteiger partial charge in [0.1, 0.15) is 11.6 Å². The lowest BCUT2D eigenvalue weighted by Gasteiger charge is -2.12. The van der Waals surface area contributed by atoms with Crippen molar-refractivity contribution in [3.63, 3.8) is 0 Å². The minimum atomic E-state index is -0.318. The van der Waals surface area contributed by atoms with Crippen LogP contribution in [0.2, 0.25) is 0 Å².